The van der Waals surface area contributed by atoms with Crippen molar-refractivity contribution in [2.24, 2.45) is 5.92 Å². The molecular weight excluding hydrogens is 215 g/mol. The van der Waals surface area contributed by atoms with Crippen LogP contribution < -0.4 is 4.90 Å². The lowest BCUT2D eigenvalue weighted by Gasteiger charge is -2.15. The van der Waals surface area contributed by atoms with E-state index in [4.69, 9.17) is 0 Å². The van der Waals surface area contributed by atoms with Crippen molar-refractivity contribution in [1.82, 2.24) is 4.98 Å². The average Bonchev–Trinajstić information content (AvgIpc) is 2.60. The molecule has 1 aromatic rings. The molecule has 0 radical (unpaired) electrons. The molecular formula is C10H11FN2OS. The number of hydrogen-bond acceptors (Lipinski definition) is 3. The molecule has 1 aliphatic rings. The number of hydrogen-bond donors (Lipinski definition) is 1. The highest BCUT2D eigenvalue weighted by molar-refractivity contribution is 7.80. The van der Waals surface area contributed by atoms with Gasteiger partial charge >= 0.3 is 0 Å². The quantitative estimate of drug-likeness (QED) is 0.612. The van der Waals surface area contributed by atoms with Crippen LogP contribution in [0, 0.1) is 11.9 Å². The Morgan fingerprint density at radius 3 is 3.07 bits per heavy atom. The molecule has 0 saturated carbocycles. The maximum atomic E-state index is 12.9. The van der Waals surface area contributed by atoms with Gasteiger partial charge in [-0.05, 0) is 17.7 Å². The van der Waals surface area contributed by atoms with E-state index in [1.807, 2.05) is 0 Å². The Bertz CT molecular complexity index is 385. The fourth-order valence-electron chi connectivity index (χ4n) is 1.71. The second-order valence-electron chi connectivity index (χ2n) is 3.59. The maximum Gasteiger partial charge on any atom is 0.227 e. The molecule has 3 nitrogen and oxygen atoms in total. The van der Waals surface area contributed by atoms with Crippen LogP contribution in [-0.2, 0) is 4.79 Å². The van der Waals surface area contributed by atoms with Crippen molar-refractivity contribution < 1.29 is 9.18 Å². The largest absolute Gasteiger partial charge is 0.312 e. The summed E-state index contributed by atoms with van der Waals surface area (Å²) in [5.41, 5.74) is 0.580. The highest BCUT2D eigenvalue weighted by Crippen LogP contribution is 2.25. The van der Waals surface area contributed by atoms with Crippen molar-refractivity contribution >= 4 is 24.2 Å². The van der Waals surface area contributed by atoms with E-state index in [2.05, 4.69) is 17.6 Å². The van der Waals surface area contributed by atoms with Crippen molar-refractivity contribution in [3.8, 4) is 0 Å². The van der Waals surface area contributed by atoms with E-state index >= 15 is 0 Å². The van der Waals surface area contributed by atoms with Gasteiger partial charge < -0.3 is 4.90 Å². The number of aromatic nitrogens is 1. The molecule has 0 aromatic carbocycles. The molecule has 2 heterocycles. The first-order chi connectivity index (χ1) is 7.20. The van der Waals surface area contributed by atoms with Crippen molar-refractivity contribution in [1.29, 1.82) is 0 Å². The third-order valence-corrected chi connectivity index (χ3v) is 3.00. The number of thiol groups is 1. The zero-order valence-corrected chi connectivity index (χ0v) is 8.95. The number of carbonyl (C=O) groups excluding carboxylic acids is 1. The highest BCUT2D eigenvalue weighted by atomic mass is 32.1. The van der Waals surface area contributed by atoms with Crippen LogP contribution in [0.25, 0.3) is 0 Å². The fraction of sp³-hybridized carbons (Fsp3) is 0.400. The van der Waals surface area contributed by atoms with E-state index < -0.39 is 5.95 Å². The van der Waals surface area contributed by atoms with E-state index in [0.717, 1.165) is 0 Å². The molecule has 1 aromatic heterocycles. The number of nitrogens with zero attached hydrogens (tertiary/aromatic N) is 2. The summed E-state index contributed by atoms with van der Waals surface area (Å²) < 4.78 is 12.9. The second-order valence-corrected chi connectivity index (χ2v) is 3.96. The van der Waals surface area contributed by atoms with Crippen LogP contribution in [0.15, 0.2) is 18.3 Å². The van der Waals surface area contributed by atoms with Gasteiger partial charge in [-0.2, -0.15) is 17.0 Å². The second kappa shape index (κ2) is 4.18. The minimum Gasteiger partial charge on any atom is -0.312 e. The van der Waals surface area contributed by atoms with Crippen LogP contribution in [0.4, 0.5) is 10.1 Å². The summed E-state index contributed by atoms with van der Waals surface area (Å²) in [5.74, 6) is 0.404. The number of halogens is 1. The van der Waals surface area contributed by atoms with Crippen molar-refractivity contribution in [2.45, 2.75) is 6.42 Å². The number of pyridine rings is 1. The van der Waals surface area contributed by atoms with E-state index in [0.29, 0.717) is 24.4 Å². The van der Waals surface area contributed by atoms with Gasteiger partial charge in [0.05, 0.1) is 0 Å². The Morgan fingerprint density at radius 1 is 1.67 bits per heavy atom. The zero-order chi connectivity index (χ0) is 10.8. The van der Waals surface area contributed by atoms with Gasteiger partial charge in [-0.3, -0.25) is 4.79 Å². The Kier molecular flexibility index (Phi) is 2.90. The van der Waals surface area contributed by atoms with Crippen LogP contribution in [0.2, 0.25) is 0 Å². The molecule has 15 heavy (non-hydrogen) atoms. The summed E-state index contributed by atoms with van der Waals surface area (Å²) >= 11 is 4.16. The van der Waals surface area contributed by atoms with Gasteiger partial charge in [0.15, 0.2) is 0 Å². The summed E-state index contributed by atoms with van der Waals surface area (Å²) in [4.78, 5) is 16.6. The van der Waals surface area contributed by atoms with Crippen LogP contribution in [0.1, 0.15) is 6.42 Å². The molecule has 1 atom stereocenters. The van der Waals surface area contributed by atoms with Gasteiger partial charge in [0.25, 0.3) is 0 Å². The summed E-state index contributed by atoms with van der Waals surface area (Å²) in [6.07, 6.45) is 1.86. The van der Waals surface area contributed by atoms with Crippen LogP contribution >= 0.6 is 12.6 Å². The number of anilines is 1. The third-order valence-electron chi connectivity index (χ3n) is 2.49. The monoisotopic (exact) mass is 226 g/mol. The number of amides is 1. The van der Waals surface area contributed by atoms with Gasteiger partial charge in [-0.25, -0.2) is 4.98 Å². The van der Waals surface area contributed by atoms with Gasteiger partial charge in [0, 0.05) is 30.9 Å². The Hall–Kier alpha value is -1.10. The lowest BCUT2D eigenvalue weighted by atomic mass is 10.1. The molecule has 1 aliphatic heterocycles. The predicted octanol–water partition coefficient (Wildman–Crippen LogP) is 1.50. The Balaban J connectivity index is 2.21. The topological polar surface area (TPSA) is 33.2 Å². The first-order valence-electron chi connectivity index (χ1n) is 4.73. The molecule has 1 fully saturated rings. The summed E-state index contributed by atoms with van der Waals surface area (Å²) in [6.45, 7) is 0.617. The zero-order valence-electron chi connectivity index (χ0n) is 8.06. The SMILES string of the molecule is O=C1CC(CS)CN1c1ccnc(F)c1. The van der Waals surface area contributed by atoms with E-state index in [9.17, 15) is 9.18 Å². The third kappa shape index (κ3) is 2.12. The van der Waals surface area contributed by atoms with Gasteiger partial charge in [0.1, 0.15) is 0 Å². The smallest absolute Gasteiger partial charge is 0.227 e. The summed E-state index contributed by atoms with van der Waals surface area (Å²) in [5, 5.41) is 0. The minimum absolute atomic E-state index is 0.0275. The van der Waals surface area contributed by atoms with Crippen molar-refractivity contribution in [3.63, 3.8) is 0 Å². The first kappa shape index (κ1) is 10.4. The van der Waals surface area contributed by atoms with Gasteiger partial charge in [-0.15, -0.1) is 0 Å². The van der Waals surface area contributed by atoms with Crippen LogP contribution in [0.5, 0.6) is 0 Å². The lowest BCUT2D eigenvalue weighted by molar-refractivity contribution is -0.117. The highest BCUT2D eigenvalue weighted by Gasteiger charge is 2.29. The molecule has 1 saturated heterocycles. The number of carbonyl (C=O) groups is 1. The predicted molar refractivity (Wildman–Crippen MR) is 58.5 cm³/mol. The molecule has 5 heteroatoms. The molecule has 80 valence electrons. The van der Waals surface area contributed by atoms with Gasteiger partial charge in [0.2, 0.25) is 11.9 Å². The maximum absolute atomic E-state index is 12.9. The molecule has 0 aliphatic carbocycles. The lowest BCUT2D eigenvalue weighted by Crippen LogP contribution is -2.24. The molecule has 0 N–H and O–H groups in total. The Labute approximate surface area is 92.7 Å². The van der Waals surface area contributed by atoms with E-state index in [-0.39, 0.29) is 11.8 Å². The van der Waals surface area contributed by atoms with Crippen LogP contribution in [0.3, 0.4) is 0 Å². The number of rotatable bonds is 2. The van der Waals surface area contributed by atoms with E-state index in [1.54, 1.807) is 11.0 Å². The minimum atomic E-state index is -0.561. The average molecular weight is 226 g/mol. The van der Waals surface area contributed by atoms with Crippen molar-refractivity contribution in [2.75, 3.05) is 17.2 Å². The molecule has 1 unspecified atom stereocenters. The fourth-order valence-corrected chi connectivity index (χ4v) is 1.96. The molecule has 1 amide bonds. The standard InChI is InChI=1S/C10H11FN2OS/c11-9-4-8(1-2-12-9)13-5-7(6-15)3-10(13)14/h1-2,4,7,15H,3,5-6H2. The van der Waals surface area contributed by atoms with Crippen LogP contribution in [-0.4, -0.2) is 23.2 Å². The molecule has 0 spiro atoms. The summed E-state index contributed by atoms with van der Waals surface area (Å²) in [6, 6.07) is 2.92. The Morgan fingerprint density at radius 2 is 2.47 bits per heavy atom. The molecule has 2 rings (SSSR count). The van der Waals surface area contributed by atoms with Crippen molar-refractivity contribution in [3.05, 3.63) is 24.3 Å². The molecule has 0 bridgehead atoms. The van der Waals surface area contributed by atoms with E-state index in [1.165, 1.54) is 12.3 Å². The normalized spacial score (nSPS) is 21.1. The first-order valence-corrected chi connectivity index (χ1v) is 5.36. The van der Waals surface area contributed by atoms with Gasteiger partial charge in [-0.1, -0.05) is 0 Å². The summed E-state index contributed by atoms with van der Waals surface area (Å²) in [7, 11) is 0.